The minimum absolute atomic E-state index is 0.125. The van der Waals surface area contributed by atoms with Gasteiger partial charge in [-0.1, -0.05) is 0 Å². The molecule has 96 valence electrons. The molecule has 0 fully saturated rings. The van der Waals surface area contributed by atoms with Crippen LogP contribution in [0.1, 0.15) is 20.8 Å². The quantitative estimate of drug-likeness (QED) is 0.777. The van der Waals surface area contributed by atoms with Crippen molar-refractivity contribution < 1.29 is 14.2 Å². The van der Waals surface area contributed by atoms with E-state index in [2.05, 4.69) is 15.9 Å². The molecular formula is C13H19BrO3. The molecule has 0 amide bonds. The highest BCUT2D eigenvalue weighted by atomic mass is 79.9. The summed E-state index contributed by atoms with van der Waals surface area (Å²) >= 11 is 3.43. The monoisotopic (exact) mass is 302 g/mol. The van der Waals surface area contributed by atoms with E-state index in [1.54, 1.807) is 7.11 Å². The summed E-state index contributed by atoms with van der Waals surface area (Å²) in [6.07, 6.45) is 0. The Morgan fingerprint density at radius 2 is 1.88 bits per heavy atom. The van der Waals surface area contributed by atoms with Crippen LogP contribution in [-0.4, -0.2) is 25.9 Å². The van der Waals surface area contributed by atoms with Gasteiger partial charge in [-0.15, -0.1) is 0 Å². The van der Waals surface area contributed by atoms with Crippen molar-refractivity contribution in [3.05, 3.63) is 22.7 Å². The Morgan fingerprint density at radius 3 is 2.41 bits per heavy atom. The van der Waals surface area contributed by atoms with Crippen molar-refractivity contribution in [2.24, 2.45) is 0 Å². The van der Waals surface area contributed by atoms with Gasteiger partial charge in [0.2, 0.25) is 0 Å². The van der Waals surface area contributed by atoms with Crippen molar-refractivity contribution in [1.29, 1.82) is 0 Å². The van der Waals surface area contributed by atoms with Gasteiger partial charge in [0.05, 0.1) is 23.8 Å². The third-order valence-electron chi connectivity index (χ3n) is 2.02. The van der Waals surface area contributed by atoms with Crippen molar-refractivity contribution >= 4 is 15.9 Å². The van der Waals surface area contributed by atoms with E-state index in [0.29, 0.717) is 13.2 Å². The maximum atomic E-state index is 5.60. The Morgan fingerprint density at radius 1 is 1.18 bits per heavy atom. The molecule has 1 rings (SSSR count). The van der Waals surface area contributed by atoms with Gasteiger partial charge in [-0.25, -0.2) is 0 Å². The van der Waals surface area contributed by atoms with Crippen LogP contribution in [0, 0.1) is 0 Å². The minimum atomic E-state index is -0.125. The van der Waals surface area contributed by atoms with Gasteiger partial charge in [0, 0.05) is 0 Å². The molecule has 0 atom stereocenters. The Kier molecular flexibility index (Phi) is 5.28. The predicted octanol–water partition coefficient (Wildman–Crippen LogP) is 3.65. The molecule has 0 bridgehead atoms. The Labute approximate surface area is 111 Å². The number of benzene rings is 1. The fraction of sp³-hybridized carbons (Fsp3) is 0.538. The third-order valence-corrected chi connectivity index (χ3v) is 2.63. The topological polar surface area (TPSA) is 27.7 Å². The summed E-state index contributed by atoms with van der Waals surface area (Å²) in [7, 11) is 1.64. The summed E-state index contributed by atoms with van der Waals surface area (Å²) in [5.41, 5.74) is -0.125. The summed E-state index contributed by atoms with van der Waals surface area (Å²) in [6, 6.07) is 5.62. The zero-order valence-corrected chi connectivity index (χ0v) is 12.3. The van der Waals surface area contributed by atoms with Gasteiger partial charge in [-0.3, -0.25) is 0 Å². The van der Waals surface area contributed by atoms with Crippen LogP contribution in [0.4, 0.5) is 0 Å². The predicted molar refractivity (Wildman–Crippen MR) is 71.9 cm³/mol. The zero-order valence-electron chi connectivity index (χ0n) is 10.7. The third kappa shape index (κ3) is 5.41. The molecule has 0 aliphatic rings. The van der Waals surface area contributed by atoms with Gasteiger partial charge in [0.1, 0.15) is 18.1 Å². The molecule has 0 saturated carbocycles. The van der Waals surface area contributed by atoms with E-state index in [1.807, 2.05) is 39.0 Å². The van der Waals surface area contributed by atoms with E-state index in [1.165, 1.54) is 0 Å². The van der Waals surface area contributed by atoms with Crippen LogP contribution in [0.15, 0.2) is 22.7 Å². The molecule has 17 heavy (non-hydrogen) atoms. The molecule has 1 aromatic rings. The molecule has 0 saturated heterocycles. The molecule has 4 heteroatoms. The van der Waals surface area contributed by atoms with Gasteiger partial charge in [0.25, 0.3) is 0 Å². The summed E-state index contributed by atoms with van der Waals surface area (Å²) in [5, 5.41) is 0. The molecular weight excluding hydrogens is 284 g/mol. The molecule has 0 aromatic heterocycles. The minimum Gasteiger partial charge on any atom is -0.497 e. The average Bonchev–Trinajstić information content (AvgIpc) is 2.24. The van der Waals surface area contributed by atoms with Crippen LogP contribution < -0.4 is 9.47 Å². The smallest absolute Gasteiger partial charge is 0.133 e. The van der Waals surface area contributed by atoms with Crippen molar-refractivity contribution in [1.82, 2.24) is 0 Å². The van der Waals surface area contributed by atoms with Gasteiger partial charge in [-0.05, 0) is 54.9 Å². The van der Waals surface area contributed by atoms with E-state index in [4.69, 9.17) is 14.2 Å². The molecule has 0 aliphatic carbocycles. The second kappa shape index (κ2) is 6.26. The second-order valence-electron chi connectivity index (χ2n) is 4.61. The Hall–Kier alpha value is -0.740. The molecule has 0 radical (unpaired) electrons. The Balaban J connectivity index is 2.42. The van der Waals surface area contributed by atoms with E-state index in [0.717, 1.165) is 16.0 Å². The summed E-state index contributed by atoms with van der Waals surface area (Å²) in [6.45, 7) is 7.17. The van der Waals surface area contributed by atoms with E-state index < -0.39 is 0 Å². The fourth-order valence-electron chi connectivity index (χ4n) is 1.23. The van der Waals surface area contributed by atoms with Crippen molar-refractivity contribution in [3.63, 3.8) is 0 Å². The first-order chi connectivity index (χ1) is 7.92. The van der Waals surface area contributed by atoms with Crippen molar-refractivity contribution in [3.8, 4) is 11.5 Å². The lowest BCUT2D eigenvalue weighted by molar-refractivity contribution is -0.0163. The van der Waals surface area contributed by atoms with Crippen molar-refractivity contribution in [2.75, 3.05) is 20.3 Å². The maximum absolute atomic E-state index is 5.60. The Bertz CT molecular complexity index is 358. The van der Waals surface area contributed by atoms with Crippen LogP contribution in [0.2, 0.25) is 0 Å². The van der Waals surface area contributed by atoms with Crippen molar-refractivity contribution in [2.45, 2.75) is 26.4 Å². The number of hydrogen-bond acceptors (Lipinski definition) is 3. The number of methoxy groups -OCH3 is 1. The molecule has 3 nitrogen and oxygen atoms in total. The summed E-state index contributed by atoms with van der Waals surface area (Å²) in [5.74, 6) is 1.60. The first-order valence-corrected chi connectivity index (χ1v) is 6.32. The largest absolute Gasteiger partial charge is 0.497 e. The first-order valence-electron chi connectivity index (χ1n) is 5.52. The van der Waals surface area contributed by atoms with Crippen LogP contribution in [0.3, 0.4) is 0 Å². The molecule has 0 unspecified atom stereocenters. The zero-order chi connectivity index (χ0) is 12.9. The molecule has 1 aromatic carbocycles. The van der Waals surface area contributed by atoms with Crippen LogP contribution in [-0.2, 0) is 4.74 Å². The first kappa shape index (κ1) is 14.3. The van der Waals surface area contributed by atoms with Crippen LogP contribution in [0.25, 0.3) is 0 Å². The highest BCUT2D eigenvalue weighted by Gasteiger charge is 2.09. The molecule has 0 aliphatic heterocycles. The molecule has 0 heterocycles. The van der Waals surface area contributed by atoms with Crippen LogP contribution >= 0.6 is 15.9 Å². The lowest BCUT2D eigenvalue weighted by Crippen LogP contribution is -2.22. The fourth-order valence-corrected chi connectivity index (χ4v) is 1.70. The van der Waals surface area contributed by atoms with E-state index in [9.17, 15) is 0 Å². The van der Waals surface area contributed by atoms with Crippen LogP contribution in [0.5, 0.6) is 11.5 Å². The van der Waals surface area contributed by atoms with Gasteiger partial charge in [0.15, 0.2) is 0 Å². The standard InChI is InChI=1S/C13H19BrO3/c1-13(2,3)17-8-7-16-12-6-5-10(15-4)9-11(12)14/h5-6,9H,7-8H2,1-4H3. The van der Waals surface area contributed by atoms with E-state index >= 15 is 0 Å². The SMILES string of the molecule is COc1ccc(OCCOC(C)(C)C)c(Br)c1. The highest BCUT2D eigenvalue weighted by molar-refractivity contribution is 9.10. The highest BCUT2D eigenvalue weighted by Crippen LogP contribution is 2.29. The summed E-state index contributed by atoms with van der Waals surface area (Å²) < 4.78 is 17.2. The number of ether oxygens (including phenoxy) is 3. The van der Waals surface area contributed by atoms with Gasteiger partial charge in [-0.2, -0.15) is 0 Å². The lowest BCUT2D eigenvalue weighted by atomic mass is 10.2. The summed E-state index contributed by atoms with van der Waals surface area (Å²) in [4.78, 5) is 0. The average molecular weight is 303 g/mol. The van der Waals surface area contributed by atoms with Gasteiger partial charge < -0.3 is 14.2 Å². The number of rotatable bonds is 5. The normalized spacial score (nSPS) is 11.4. The molecule has 0 N–H and O–H groups in total. The molecule has 0 spiro atoms. The van der Waals surface area contributed by atoms with E-state index in [-0.39, 0.29) is 5.60 Å². The lowest BCUT2D eigenvalue weighted by Gasteiger charge is -2.19. The second-order valence-corrected chi connectivity index (χ2v) is 5.46. The maximum Gasteiger partial charge on any atom is 0.133 e. The van der Waals surface area contributed by atoms with Gasteiger partial charge >= 0.3 is 0 Å². The number of halogens is 1. The number of hydrogen-bond donors (Lipinski definition) is 0.